The van der Waals surface area contributed by atoms with Crippen molar-refractivity contribution < 1.29 is 21.5 Å². The van der Waals surface area contributed by atoms with Gasteiger partial charge in [0.05, 0.1) is 27.7 Å². The number of rotatable bonds is 8. The second-order valence-electron chi connectivity index (χ2n) is 6.93. The zero-order valence-electron chi connectivity index (χ0n) is 14.6. The highest BCUT2D eigenvalue weighted by Crippen LogP contribution is 2.11. The number of nitrogens with zero attached hydrogens (tertiary/aromatic N) is 1. The van der Waals surface area contributed by atoms with E-state index in [4.69, 9.17) is 0 Å². The zero-order chi connectivity index (χ0) is 14.9. The molecule has 0 heterocycles. The van der Waals surface area contributed by atoms with Crippen LogP contribution in [0.15, 0.2) is 34.9 Å². The van der Waals surface area contributed by atoms with Crippen molar-refractivity contribution in [1.82, 2.24) is 0 Å². The Morgan fingerprint density at radius 1 is 0.750 bits per heavy atom. The van der Waals surface area contributed by atoms with E-state index in [0.717, 1.165) is 11.0 Å². The third-order valence-corrected chi connectivity index (χ3v) is 3.11. The summed E-state index contributed by atoms with van der Waals surface area (Å²) in [6.07, 6.45) is 11.9. The molecule has 0 unspecified atom stereocenters. The Balaban J connectivity index is 0. The second-order valence-corrected chi connectivity index (χ2v) is 6.93. The maximum absolute atomic E-state index is 2.40. The van der Waals surface area contributed by atoms with Crippen LogP contribution in [-0.4, -0.2) is 32.2 Å². The predicted molar refractivity (Wildman–Crippen MR) is 88.3 cm³/mol. The highest BCUT2D eigenvalue weighted by Gasteiger charge is 2.03. The summed E-state index contributed by atoms with van der Waals surface area (Å²) < 4.78 is 1.01. The molecule has 0 aromatic heterocycles. The Bertz CT molecular complexity index is 339. The van der Waals surface area contributed by atoms with Gasteiger partial charge in [-0.15, -0.1) is 0 Å². The van der Waals surface area contributed by atoms with Gasteiger partial charge in [-0.3, -0.25) is 0 Å². The molecule has 0 atom stereocenters. The highest BCUT2D eigenvalue weighted by atomic mass is 79.9. The molecule has 0 N–H and O–H groups in total. The lowest BCUT2D eigenvalue weighted by atomic mass is 10.1. The van der Waals surface area contributed by atoms with Crippen molar-refractivity contribution in [2.45, 2.75) is 53.4 Å². The van der Waals surface area contributed by atoms with Gasteiger partial charge in [-0.25, -0.2) is 0 Å². The van der Waals surface area contributed by atoms with Crippen LogP contribution in [0.5, 0.6) is 0 Å². The normalized spacial score (nSPS) is 12.9. The Kier molecular flexibility index (Phi) is 12.4. The molecule has 20 heavy (non-hydrogen) atoms. The fourth-order valence-corrected chi connectivity index (χ4v) is 1.77. The summed E-state index contributed by atoms with van der Waals surface area (Å²) >= 11 is 0. The standard InChI is InChI=1S/C18H34N.BrH/c1-16(2)10-8-11-17(3)12-9-13-18(4)14-15-19(5,6)7;/h10,12,14H,8-9,11,13,15H2,1-7H3;1H/q+1;/p-1/b17-12+,18-14+;. The lowest BCUT2D eigenvalue weighted by Gasteiger charge is -2.22. The third-order valence-electron chi connectivity index (χ3n) is 3.11. The van der Waals surface area contributed by atoms with E-state index in [9.17, 15) is 0 Å². The first-order valence-electron chi connectivity index (χ1n) is 7.46. The number of hydrogen-bond donors (Lipinski definition) is 0. The molecule has 0 aliphatic rings. The van der Waals surface area contributed by atoms with Crippen LogP contribution in [0.1, 0.15) is 53.4 Å². The Morgan fingerprint density at radius 3 is 1.65 bits per heavy atom. The van der Waals surface area contributed by atoms with Crippen molar-refractivity contribution in [3.8, 4) is 0 Å². The van der Waals surface area contributed by atoms with Crippen molar-refractivity contribution in [1.29, 1.82) is 0 Å². The molecule has 0 rings (SSSR count). The van der Waals surface area contributed by atoms with Gasteiger partial charge in [-0.2, -0.15) is 0 Å². The van der Waals surface area contributed by atoms with Crippen molar-refractivity contribution in [2.75, 3.05) is 27.7 Å². The summed E-state index contributed by atoms with van der Waals surface area (Å²) in [7, 11) is 6.70. The van der Waals surface area contributed by atoms with Gasteiger partial charge in [0.2, 0.25) is 0 Å². The van der Waals surface area contributed by atoms with E-state index in [1.165, 1.54) is 42.4 Å². The molecule has 0 spiro atoms. The Hall–Kier alpha value is -0.340. The first-order chi connectivity index (χ1) is 8.70. The minimum absolute atomic E-state index is 0. The van der Waals surface area contributed by atoms with Crippen LogP contribution in [0.3, 0.4) is 0 Å². The molecule has 0 bridgehead atoms. The molecule has 118 valence electrons. The van der Waals surface area contributed by atoms with Crippen molar-refractivity contribution >= 4 is 0 Å². The lowest BCUT2D eigenvalue weighted by Crippen LogP contribution is -3.00. The number of allylic oxidation sites excluding steroid dienone is 5. The Morgan fingerprint density at radius 2 is 1.20 bits per heavy atom. The second kappa shape index (κ2) is 11.3. The molecule has 2 heteroatoms. The van der Waals surface area contributed by atoms with Crippen LogP contribution >= 0.6 is 0 Å². The number of hydrogen-bond acceptors (Lipinski definition) is 0. The molecular formula is C18H34BrN. The molecule has 0 aromatic carbocycles. The van der Waals surface area contributed by atoms with Crippen molar-refractivity contribution in [3.63, 3.8) is 0 Å². The molecule has 0 aliphatic carbocycles. The minimum atomic E-state index is 0. The van der Waals surface area contributed by atoms with Gasteiger partial charge in [0.1, 0.15) is 0 Å². The molecule has 0 radical (unpaired) electrons. The van der Waals surface area contributed by atoms with E-state index in [0.29, 0.717) is 0 Å². The first kappa shape index (κ1) is 21.9. The van der Waals surface area contributed by atoms with Crippen LogP contribution in [0.2, 0.25) is 0 Å². The van der Waals surface area contributed by atoms with Gasteiger partial charge in [-0.1, -0.05) is 28.9 Å². The summed E-state index contributed by atoms with van der Waals surface area (Å²) in [5.41, 5.74) is 4.46. The topological polar surface area (TPSA) is 0 Å². The predicted octanol–water partition coefficient (Wildman–Crippen LogP) is 2.12. The maximum atomic E-state index is 2.40. The molecule has 0 aromatic rings. The molecular weight excluding hydrogens is 310 g/mol. The zero-order valence-corrected chi connectivity index (χ0v) is 16.2. The van der Waals surface area contributed by atoms with Crippen LogP contribution in [-0.2, 0) is 0 Å². The summed E-state index contributed by atoms with van der Waals surface area (Å²) in [6, 6.07) is 0. The van der Waals surface area contributed by atoms with E-state index in [1.807, 2.05) is 0 Å². The van der Waals surface area contributed by atoms with Gasteiger partial charge < -0.3 is 21.5 Å². The third kappa shape index (κ3) is 15.7. The summed E-state index contributed by atoms with van der Waals surface area (Å²) in [6.45, 7) is 9.96. The molecule has 0 saturated carbocycles. The molecule has 0 saturated heterocycles. The number of halogens is 1. The highest BCUT2D eigenvalue weighted by molar-refractivity contribution is 5.05. The summed E-state index contributed by atoms with van der Waals surface area (Å²) in [5, 5.41) is 0. The average molecular weight is 344 g/mol. The van der Waals surface area contributed by atoms with Gasteiger partial charge in [-0.05, 0) is 59.5 Å². The van der Waals surface area contributed by atoms with Crippen LogP contribution in [0.4, 0.5) is 0 Å². The largest absolute Gasteiger partial charge is 1.00 e. The van der Waals surface area contributed by atoms with Crippen molar-refractivity contribution in [2.24, 2.45) is 0 Å². The van der Waals surface area contributed by atoms with Gasteiger partial charge in [0.25, 0.3) is 0 Å². The molecule has 1 nitrogen and oxygen atoms in total. The summed E-state index contributed by atoms with van der Waals surface area (Å²) in [4.78, 5) is 0. The van der Waals surface area contributed by atoms with Gasteiger partial charge in [0.15, 0.2) is 0 Å². The van der Waals surface area contributed by atoms with Crippen LogP contribution in [0, 0.1) is 0 Å². The van der Waals surface area contributed by atoms with Gasteiger partial charge >= 0.3 is 0 Å². The SMILES string of the molecule is CC(C)=CCC/C(C)=C/CC/C(C)=C/C[N+](C)(C)C.[Br-]. The van der Waals surface area contributed by atoms with Gasteiger partial charge in [0, 0.05) is 0 Å². The molecule has 0 amide bonds. The molecule has 0 fully saturated rings. The number of likely N-dealkylation sites (N-methyl/N-ethyl adjacent to an activating group) is 1. The quantitative estimate of drug-likeness (QED) is 0.467. The molecule has 0 aliphatic heterocycles. The first-order valence-corrected chi connectivity index (χ1v) is 7.46. The van der Waals surface area contributed by atoms with Crippen LogP contribution < -0.4 is 17.0 Å². The maximum Gasteiger partial charge on any atom is 0.0970 e. The summed E-state index contributed by atoms with van der Waals surface area (Å²) in [5.74, 6) is 0. The fourth-order valence-electron chi connectivity index (χ4n) is 1.77. The smallest absolute Gasteiger partial charge is 0.0970 e. The van der Waals surface area contributed by atoms with Crippen molar-refractivity contribution in [3.05, 3.63) is 34.9 Å². The Labute approximate surface area is 137 Å². The van der Waals surface area contributed by atoms with E-state index < -0.39 is 0 Å². The van der Waals surface area contributed by atoms with E-state index in [2.05, 4.69) is 67.1 Å². The minimum Gasteiger partial charge on any atom is -1.00 e. The van der Waals surface area contributed by atoms with E-state index >= 15 is 0 Å². The van der Waals surface area contributed by atoms with E-state index in [1.54, 1.807) is 0 Å². The van der Waals surface area contributed by atoms with Crippen LogP contribution in [0.25, 0.3) is 0 Å². The van der Waals surface area contributed by atoms with E-state index in [-0.39, 0.29) is 17.0 Å². The number of quaternary nitrogens is 1. The fraction of sp³-hybridized carbons (Fsp3) is 0.667. The monoisotopic (exact) mass is 343 g/mol. The lowest BCUT2D eigenvalue weighted by molar-refractivity contribution is -0.864. The average Bonchev–Trinajstić information content (AvgIpc) is 2.25.